The number of rotatable bonds is 8. The lowest BCUT2D eigenvalue weighted by atomic mass is 10.1. The van der Waals surface area contributed by atoms with Gasteiger partial charge < -0.3 is 15.2 Å². The molecule has 126 valence electrons. The van der Waals surface area contributed by atoms with Gasteiger partial charge in [-0.05, 0) is 42.7 Å². The van der Waals surface area contributed by atoms with Crippen LogP contribution in [-0.4, -0.2) is 23.6 Å². The van der Waals surface area contributed by atoms with E-state index in [1.807, 2.05) is 31.2 Å². The van der Waals surface area contributed by atoms with Crippen molar-refractivity contribution in [2.24, 2.45) is 0 Å². The fourth-order valence-electron chi connectivity index (χ4n) is 2.24. The van der Waals surface area contributed by atoms with Crippen molar-refractivity contribution < 1.29 is 19.4 Å². The van der Waals surface area contributed by atoms with Crippen LogP contribution in [0.2, 0.25) is 0 Å². The molecule has 0 saturated heterocycles. The third kappa shape index (κ3) is 5.43. The summed E-state index contributed by atoms with van der Waals surface area (Å²) in [5, 5.41) is 11.7. The average Bonchev–Trinajstić information content (AvgIpc) is 2.58. The molecule has 0 saturated carbocycles. The first-order chi connectivity index (χ1) is 11.6. The summed E-state index contributed by atoms with van der Waals surface area (Å²) < 4.78 is 5.65. The molecule has 2 rings (SSSR count). The van der Waals surface area contributed by atoms with E-state index in [9.17, 15) is 9.59 Å². The van der Waals surface area contributed by atoms with Gasteiger partial charge in [-0.2, -0.15) is 0 Å². The largest absolute Gasteiger partial charge is 0.493 e. The third-order valence-corrected chi connectivity index (χ3v) is 3.56. The number of ether oxygens (including phenoxy) is 1. The van der Waals surface area contributed by atoms with Crippen molar-refractivity contribution in [2.75, 3.05) is 6.61 Å². The van der Waals surface area contributed by atoms with Crippen LogP contribution in [-0.2, 0) is 11.3 Å². The highest BCUT2D eigenvalue weighted by Gasteiger charge is 2.05. The third-order valence-electron chi connectivity index (χ3n) is 3.56. The minimum atomic E-state index is -0.975. The summed E-state index contributed by atoms with van der Waals surface area (Å²) >= 11 is 0. The lowest BCUT2D eigenvalue weighted by Crippen LogP contribution is -2.23. The molecule has 2 aromatic carbocycles. The van der Waals surface area contributed by atoms with Gasteiger partial charge in [-0.25, -0.2) is 4.79 Å². The van der Waals surface area contributed by atoms with Crippen LogP contribution >= 0.6 is 0 Å². The Bertz CT molecular complexity index is 712. The fraction of sp³-hybridized carbons (Fsp3) is 0.263. The molecule has 0 aromatic heterocycles. The zero-order valence-corrected chi connectivity index (χ0v) is 13.6. The molecular formula is C19H21NO4. The lowest BCUT2D eigenvalue weighted by Gasteiger charge is -2.09. The summed E-state index contributed by atoms with van der Waals surface area (Å²) in [5.41, 5.74) is 2.05. The Morgan fingerprint density at radius 3 is 2.67 bits per heavy atom. The Morgan fingerprint density at radius 2 is 1.92 bits per heavy atom. The summed E-state index contributed by atoms with van der Waals surface area (Å²) in [6.45, 7) is 2.78. The normalized spacial score (nSPS) is 10.2. The molecule has 24 heavy (non-hydrogen) atoms. The van der Waals surface area contributed by atoms with Gasteiger partial charge in [-0.15, -0.1) is 0 Å². The Hall–Kier alpha value is -2.82. The standard InChI is InChI=1S/C19H21NO4/c1-14-6-2-3-9-17(14)24-11-5-10-18(21)20-13-15-7-4-8-16(12-15)19(22)23/h2-4,6-9,12H,5,10-11,13H2,1H3,(H,20,21)(H,22,23). The maximum atomic E-state index is 11.8. The molecule has 0 bridgehead atoms. The number of aromatic carboxylic acids is 1. The molecule has 2 aromatic rings. The zero-order chi connectivity index (χ0) is 17.4. The van der Waals surface area contributed by atoms with Crippen molar-refractivity contribution in [3.63, 3.8) is 0 Å². The first-order valence-electron chi connectivity index (χ1n) is 7.83. The number of carboxylic acids is 1. The predicted molar refractivity (Wildman–Crippen MR) is 91.2 cm³/mol. The summed E-state index contributed by atoms with van der Waals surface area (Å²) in [5.74, 6) is -0.218. The molecule has 5 heteroatoms. The van der Waals surface area contributed by atoms with E-state index >= 15 is 0 Å². The summed E-state index contributed by atoms with van der Waals surface area (Å²) in [6.07, 6.45) is 0.986. The number of carbonyl (C=O) groups excluding carboxylic acids is 1. The molecule has 0 aliphatic heterocycles. The highest BCUT2D eigenvalue weighted by molar-refractivity contribution is 5.87. The Morgan fingerprint density at radius 1 is 1.12 bits per heavy atom. The highest BCUT2D eigenvalue weighted by atomic mass is 16.5. The Kier molecular flexibility index (Phi) is 6.37. The Labute approximate surface area is 141 Å². The van der Waals surface area contributed by atoms with Gasteiger partial charge in [0.05, 0.1) is 12.2 Å². The number of carboxylic acid groups (broad SMARTS) is 1. The number of amides is 1. The van der Waals surface area contributed by atoms with E-state index < -0.39 is 5.97 Å². The van der Waals surface area contributed by atoms with Crippen LogP contribution < -0.4 is 10.1 Å². The summed E-state index contributed by atoms with van der Waals surface area (Å²) in [6, 6.07) is 14.3. The topological polar surface area (TPSA) is 75.6 Å². The molecule has 0 atom stereocenters. The van der Waals surface area contributed by atoms with E-state index in [-0.39, 0.29) is 11.5 Å². The van der Waals surface area contributed by atoms with E-state index in [0.29, 0.717) is 26.0 Å². The van der Waals surface area contributed by atoms with Crippen LogP contribution in [0.15, 0.2) is 48.5 Å². The minimum absolute atomic E-state index is 0.0795. The van der Waals surface area contributed by atoms with Crippen molar-refractivity contribution in [1.29, 1.82) is 0 Å². The quantitative estimate of drug-likeness (QED) is 0.730. The minimum Gasteiger partial charge on any atom is -0.493 e. The number of hydrogen-bond acceptors (Lipinski definition) is 3. The molecule has 2 N–H and O–H groups in total. The number of carbonyl (C=O) groups is 2. The van der Waals surface area contributed by atoms with Gasteiger partial charge in [-0.3, -0.25) is 4.79 Å². The van der Waals surface area contributed by atoms with Gasteiger partial charge in [0.1, 0.15) is 5.75 Å². The number of nitrogens with one attached hydrogen (secondary N) is 1. The highest BCUT2D eigenvalue weighted by Crippen LogP contribution is 2.16. The van der Waals surface area contributed by atoms with E-state index in [0.717, 1.165) is 16.9 Å². The van der Waals surface area contributed by atoms with Crippen LogP contribution in [0, 0.1) is 6.92 Å². The molecule has 0 aliphatic rings. The molecule has 5 nitrogen and oxygen atoms in total. The van der Waals surface area contributed by atoms with Gasteiger partial charge in [0.25, 0.3) is 0 Å². The van der Waals surface area contributed by atoms with Gasteiger partial charge in [0.2, 0.25) is 5.91 Å². The Balaban J connectivity index is 1.69. The van der Waals surface area contributed by atoms with Crippen molar-refractivity contribution in [1.82, 2.24) is 5.32 Å². The smallest absolute Gasteiger partial charge is 0.335 e. The predicted octanol–water partition coefficient (Wildman–Crippen LogP) is 3.17. The monoisotopic (exact) mass is 327 g/mol. The molecule has 0 fully saturated rings. The second-order valence-electron chi connectivity index (χ2n) is 5.50. The maximum Gasteiger partial charge on any atom is 0.335 e. The van der Waals surface area contributed by atoms with Crippen LogP contribution in [0.1, 0.15) is 34.3 Å². The summed E-state index contributed by atoms with van der Waals surface area (Å²) in [4.78, 5) is 22.7. The fourth-order valence-corrected chi connectivity index (χ4v) is 2.24. The number of hydrogen-bond donors (Lipinski definition) is 2. The average molecular weight is 327 g/mol. The molecule has 0 aliphatic carbocycles. The number of aryl methyl sites for hydroxylation is 1. The second kappa shape index (κ2) is 8.72. The SMILES string of the molecule is Cc1ccccc1OCCCC(=O)NCc1cccc(C(=O)O)c1. The molecule has 0 spiro atoms. The zero-order valence-electron chi connectivity index (χ0n) is 13.6. The molecule has 0 radical (unpaired) electrons. The van der Waals surface area contributed by atoms with Crippen LogP contribution in [0.3, 0.4) is 0 Å². The molecule has 0 unspecified atom stereocenters. The van der Waals surface area contributed by atoms with Crippen molar-refractivity contribution >= 4 is 11.9 Å². The van der Waals surface area contributed by atoms with E-state index in [4.69, 9.17) is 9.84 Å². The van der Waals surface area contributed by atoms with Crippen LogP contribution in [0.25, 0.3) is 0 Å². The second-order valence-corrected chi connectivity index (χ2v) is 5.50. The van der Waals surface area contributed by atoms with Crippen LogP contribution in [0.5, 0.6) is 5.75 Å². The number of para-hydroxylation sites is 1. The first-order valence-corrected chi connectivity index (χ1v) is 7.83. The van der Waals surface area contributed by atoms with Gasteiger partial charge in [-0.1, -0.05) is 30.3 Å². The van der Waals surface area contributed by atoms with Crippen molar-refractivity contribution in [3.05, 3.63) is 65.2 Å². The van der Waals surface area contributed by atoms with Crippen molar-refractivity contribution in [2.45, 2.75) is 26.3 Å². The molecular weight excluding hydrogens is 306 g/mol. The van der Waals surface area contributed by atoms with E-state index in [1.165, 1.54) is 6.07 Å². The maximum absolute atomic E-state index is 11.8. The van der Waals surface area contributed by atoms with Gasteiger partial charge in [0.15, 0.2) is 0 Å². The van der Waals surface area contributed by atoms with Gasteiger partial charge >= 0.3 is 5.97 Å². The van der Waals surface area contributed by atoms with E-state index in [2.05, 4.69) is 5.32 Å². The number of benzene rings is 2. The first kappa shape index (κ1) is 17.5. The van der Waals surface area contributed by atoms with Gasteiger partial charge in [0, 0.05) is 13.0 Å². The summed E-state index contributed by atoms with van der Waals surface area (Å²) in [7, 11) is 0. The molecule has 1 amide bonds. The van der Waals surface area contributed by atoms with Crippen molar-refractivity contribution in [3.8, 4) is 5.75 Å². The molecule has 0 heterocycles. The lowest BCUT2D eigenvalue weighted by molar-refractivity contribution is -0.121. The van der Waals surface area contributed by atoms with E-state index in [1.54, 1.807) is 18.2 Å². The van der Waals surface area contributed by atoms with Crippen LogP contribution in [0.4, 0.5) is 0 Å².